The topological polar surface area (TPSA) is 79.7 Å². The first-order chi connectivity index (χ1) is 16.5. The Kier molecular flexibility index (Phi) is 7.99. The number of aromatic nitrogens is 1. The molecule has 0 saturated heterocycles. The predicted molar refractivity (Wildman–Crippen MR) is 139 cm³/mol. The van der Waals surface area contributed by atoms with Crippen molar-refractivity contribution in [2.45, 2.75) is 53.1 Å². The van der Waals surface area contributed by atoms with E-state index in [0.29, 0.717) is 23.8 Å². The minimum absolute atomic E-state index is 0.0891. The highest BCUT2D eigenvalue weighted by Crippen LogP contribution is 2.44. The highest BCUT2D eigenvalue weighted by molar-refractivity contribution is 5.87. The number of rotatable bonds is 6. The molecule has 5 heteroatoms. The Hall–Kier alpha value is -3.62. The molecule has 0 bridgehead atoms. The van der Waals surface area contributed by atoms with Crippen LogP contribution in [0.15, 0.2) is 54.7 Å². The van der Waals surface area contributed by atoms with Gasteiger partial charge in [0, 0.05) is 17.3 Å². The lowest BCUT2D eigenvalue weighted by atomic mass is 9.78. The Labute approximate surface area is 207 Å². The van der Waals surface area contributed by atoms with Crippen LogP contribution in [0.25, 0.3) is 11.1 Å². The fraction of sp³-hybridized carbons (Fsp3) is 0.333. The molecule has 3 rings (SSSR count). The maximum Gasteiger partial charge on any atom is 0.337 e. The first-order valence-corrected chi connectivity index (χ1v) is 11.7. The molecule has 0 amide bonds. The maximum absolute atomic E-state index is 11.1. The van der Waals surface area contributed by atoms with Gasteiger partial charge in [0.25, 0.3) is 0 Å². The second-order valence-corrected chi connectivity index (χ2v) is 10.1. The molecule has 182 valence electrons. The SMILES string of the molecule is Cc1c(C(O)C#Cc2ccc(C(=O)O)cn2)cc(-c2ccccc2)c(OCC(C)C)c1C(C)(C)C. The van der Waals surface area contributed by atoms with Crippen LogP contribution in [0.2, 0.25) is 0 Å². The normalized spacial score (nSPS) is 12.1. The van der Waals surface area contributed by atoms with E-state index < -0.39 is 12.1 Å². The van der Waals surface area contributed by atoms with E-state index in [1.807, 2.05) is 43.3 Å². The smallest absolute Gasteiger partial charge is 0.337 e. The third kappa shape index (κ3) is 6.29. The Morgan fingerprint density at radius 1 is 1.11 bits per heavy atom. The first kappa shape index (κ1) is 26.0. The number of hydrogen-bond acceptors (Lipinski definition) is 4. The molecule has 0 spiro atoms. The van der Waals surface area contributed by atoms with Crippen molar-refractivity contribution in [1.82, 2.24) is 4.98 Å². The number of hydrogen-bond donors (Lipinski definition) is 2. The number of carboxylic acid groups (broad SMARTS) is 1. The van der Waals surface area contributed by atoms with Crippen LogP contribution in [0.1, 0.15) is 73.5 Å². The Morgan fingerprint density at radius 3 is 2.34 bits per heavy atom. The summed E-state index contributed by atoms with van der Waals surface area (Å²) in [5.41, 5.74) is 4.85. The highest BCUT2D eigenvalue weighted by atomic mass is 16.5. The van der Waals surface area contributed by atoms with Crippen molar-refractivity contribution in [1.29, 1.82) is 0 Å². The minimum atomic E-state index is -1.06. The Morgan fingerprint density at radius 2 is 1.80 bits per heavy atom. The van der Waals surface area contributed by atoms with Gasteiger partial charge in [-0.1, -0.05) is 70.9 Å². The third-order valence-corrected chi connectivity index (χ3v) is 5.62. The van der Waals surface area contributed by atoms with Crippen LogP contribution in [-0.2, 0) is 5.41 Å². The van der Waals surface area contributed by atoms with Crippen LogP contribution in [0.4, 0.5) is 0 Å². The standard InChI is InChI=1S/C30H33NO4/c1-19(2)18-35-28-25(21-10-8-7-9-11-21)16-24(20(3)27(28)30(4,5)6)26(32)15-14-23-13-12-22(17-31-23)29(33)34/h7-13,16-17,19,26,32H,18H2,1-6H3,(H,33,34). The number of carboxylic acids is 1. The maximum atomic E-state index is 11.1. The summed E-state index contributed by atoms with van der Waals surface area (Å²) in [4.78, 5) is 15.1. The molecule has 35 heavy (non-hydrogen) atoms. The van der Waals surface area contributed by atoms with Gasteiger partial charge in [0.05, 0.1) is 12.2 Å². The second kappa shape index (κ2) is 10.8. The molecule has 1 atom stereocenters. The van der Waals surface area contributed by atoms with Crippen molar-refractivity contribution in [3.05, 3.63) is 82.7 Å². The van der Waals surface area contributed by atoms with Gasteiger partial charge in [0.2, 0.25) is 0 Å². The second-order valence-electron chi connectivity index (χ2n) is 10.1. The average Bonchev–Trinajstić information content (AvgIpc) is 2.81. The molecule has 0 aliphatic carbocycles. The molecule has 0 aliphatic heterocycles. The number of pyridine rings is 1. The van der Waals surface area contributed by atoms with E-state index in [4.69, 9.17) is 9.84 Å². The van der Waals surface area contributed by atoms with Gasteiger partial charge in [0.15, 0.2) is 0 Å². The van der Waals surface area contributed by atoms with Gasteiger partial charge in [-0.05, 0) is 59.1 Å². The lowest BCUT2D eigenvalue weighted by Gasteiger charge is -2.30. The molecule has 0 fully saturated rings. The Balaban J connectivity index is 2.15. The molecule has 2 aromatic carbocycles. The zero-order valence-electron chi connectivity index (χ0n) is 21.2. The van der Waals surface area contributed by atoms with Crippen LogP contribution in [0.3, 0.4) is 0 Å². The van der Waals surface area contributed by atoms with Crippen LogP contribution < -0.4 is 4.74 Å². The van der Waals surface area contributed by atoms with Gasteiger partial charge >= 0.3 is 5.97 Å². The quantitative estimate of drug-likeness (QED) is 0.420. The monoisotopic (exact) mass is 471 g/mol. The van der Waals surface area contributed by atoms with E-state index in [2.05, 4.69) is 51.4 Å². The van der Waals surface area contributed by atoms with Crippen molar-refractivity contribution in [3.63, 3.8) is 0 Å². The number of aromatic carboxylic acids is 1. The van der Waals surface area contributed by atoms with E-state index in [-0.39, 0.29) is 11.0 Å². The molecular weight excluding hydrogens is 438 g/mol. The molecule has 1 unspecified atom stereocenters. The van der Waals surface area contributed by atoms with Crippen molar-refractivity contribution in [2.75, 3.05) is 6.61 Å². The molecule has 1 aromatic heterocycles. The molecule has 0 aliphatic rings. The molecule has 1 heterocycles. The molecule has 2 N–H and O–H groups in total. The fourth-order valence-electron chi connectivity index (χ4n) is 4.01. The van der Waals surface area contributed by atoms with Gasteiger partial charge < -0.3 is 14.9 Å². The first-order valence-electron chi connectivity index (χ1n) is 11.7. The summed E-state index contributed by atoms with van der Waals surface area (Å²) in [7, 11) is 0. The fourth-order valence-corrected chi connectivity index (χ4v) is 4.01. The van der Waals surface area contributed by atoms with Gasteiger partial charge in [0.1, 0.15) is 17.5 Å². The van der Waals surface area contributed by atoms with Gasteiger partial charge in [-0.2, -0.15) is 0 Å². The van der Waals surface area contributed by atoms with E-state index in [1.165, 1.54) is 18.3 Å². The summed E-state index contributed by atoms with van der Waals surface area (Å²) >= 11 is 0. The van der Waals surface area contributed by atoms with Crippen molar-refractivity contribution >= 4 is 5.97 Å². The van der Waals surface area contributed by atoms with Crippen molar-refractivity contribution in [2.24, 2.45) is 5.92 Å². The lowest BCUT2D eigenvalue weighted by Crippen LogP contribution is -2.19. The lowest BCUT2D eigenvalue weighted by molar-refractivity contribution is 0.0696. The van der Waals surface area contributed by atoms with Gasteiger partial charge in [-0.3, -0.25) is 0 Å². The number of aliphatic hydroxyl groups is 1. The summed E-state index contributed by atoms with van der Waals surface area (Å²) in [5.74, 6) is 5.92. The summed E-state index contributed by atoms with van der Waals surface area (Å²) in [6.45, 7) is 13.2. The summed E-state index contributed by atoms with van der Waals surface area (Å²) in [5, 5.41) is 20.2. The predicted octanol–water partition coefficient (Wildman–Crippen LogP) is 6.17. The van der Waals surface area contributed by atoms with Crippen LogP contribution in [0.5, 0.6) is 5.75 Å². The van der Waals surface area contributed by atoms with Gasteiger partial charge in [-0.25, -0.2) is 9.78 Å². The minimum Gasteiger partial charge on any atom is -0.492 e. The third-order valence-electron chi connectivity index (χ3n) is 5.62. The molecule has 3 aromatic rings. The molecule has 0 radical (unpaired) electrons. The average molecular weight is 472 g/mol. The Bertz CT molecular complexity index is 1240. The van der Waals surface area contributed by atoms with E-state index in [0.717, 1.165) is 28.0 Å². The zero-order chi connectivity index (χ0) is 25.8. The van der Waals surface area contributed by atoms with Crippen LogP contribution in [-0.4, -0.2) is 27.8 Å². The van der Waals surface area contributed by atoms with E-state index >= 15 is 0 Å². The highest BCUT2D eigenvalue weighted by Gasteiger charge is 2.28. The summed E-state index contributed by atoms with van der Waals surface area (Å²) in [6, 6.07) is 15.0. The number of benzene rings is 2. The van der Waals surface area contributed by atoms with E-state index in [1.54, 1.807) is 0 Å². The van der Waals surface area contributed by atoms with Gasteiger partial charge in [-0.15, -0.1) is 0 Å². The largest absolute Gasteiger partial charge is 0.492 e. The van der Waals surface area contributed by atoms with Crippen molar-refractivity contribution < 1.29 is 19.7 Å². The molecular formula is C30H33NO4. The summed E-state index contributed by atoms with van der Waals surface area (Å²) in [6.07, 6.45) is 0.203. The van der Waals surface area contributed by atoms with Crippen LogP contribution in [0, 0.1) is 24.7 Å². The number of carbonyl (C=O) groups is 1. The number of aliphatic hydroxyl groups excluding tert-OH is 1. The molecule has 5 nitrogen and oxygen atoms in total. The number of nitrogens with zero attached hydrogens (tertiary/aromatic N) is 1. The number of ether oxygens (including phenoxy) is 1. The summed E-state index contributed by atoms with van der Waals surface area (Å²) < 4.78 is 6.41. The van der Waals surface area contributed by atoms with Crippen LogP contribution >= 0.6 is 0 Å². The van der Waals surface area contributed by atoms with E-state index in [9.17, 15) is 9.90 Å². The zero-order valence-corrected chi connectivity index (χ0v) is 21.2. The molecule has 0 saturated carbocycles. The van der Waals surface area contributed by atoms with Crippen molar-refractivity contribution in [3.8, 4) is 28.7 Å².